The summed E-state index contributed by atoms with van der Waals surface area (Å²) in [7, 11) is 0. The number of esters is 1. The first-order chi connectivity index (χ1) is 18.6. The van der Waals surface area contributed by atoms with Gasteiger partial charge < -0.3 is 10.1 Å². The van der Waals surface area contributed by atoms with Gasteiger partial charge in [-0.3, -0.25) is 0 Å². The van der Waals surface area contributed by atoms with E-state index in [0.29, 0.717) is 39.7 Å². The van der Waals surface area contributed by atoms with Crippen LogP contribution in [-0.4, -0.2) is 37.8 Å². The second-order valence-corrected chi connectivity index (χ2v) is 8.97. The predicted molar refractivity (Wildman–Crippen MR) is 146 cm³/mol. The van der Waals surface area contributed by atoms with Crippen LogP contribution in [0.15, 0.2) is 101 Å². The molecule has 0 saturated carbocycles. The van der Waals surface area contributed by atoms with Gasteiger partial charge in [-0.15, -0.1) is 10.2 Å². The Kier molecular flexibility index (Phi) is 5.84. The molecule has 0 amide bonds. The molecule has 0 saturated heterocycles. The average Bonchev–Trinajstić information content (AvgIpc) is 3.40. The van der Waals surface area contributed by atoms with Crippen LogP contribution in [0.25, 0.3) is 28.3 Å². The largest absolute Gasteiger partial charge is 0.463 e. The molecular formula is C30H25N5O3. The SMILES string of the molecule is CCOC(=O)C1=C(c2ccccc2)c2c(n(-c3ccccc3)c(=O)n3c(-c4ccccc4)nnc23)NC1C. The van der Waals surface area contributed by atoms with Crippen LogP contribution >= 0.6 is 0 Å². The fraction of sp³-hybridized carbons (Fsp3) is 0.133. The molecule has 0 radical (unpaired) electrons. The quantitative estimate of drug-likeness (QED) is 0.349. The lowest BCUT2D eigenvalue weighted by Crippen LogP contribution is -2.37. The number of aromatic nitrogens is 4. The van der Waals surface area contributed by atoms with Gasteiger partial charge in [0.1, 0.15) is 5.82 Å². The molecule has 3 heterocycles. The molecule has 2 aromatic heterocycles. The van der Waals surface area contributed by atoms with Crippen molar-refractivity contribution in [1.29, 1.82) is 0 Å². The lowest BCUT2D eigenvalue weighted by Gasteiger charge is -2.31. The lowest BCUT2D eigenvalue weighted by molar-refractivity contribution is -0.138. The second kappa shape index (κ2) is 9.48. The predicted octanol–water partition coefficient (Wildman–Crippen LogP) is 4.73. The summed E-state index contributed by atoms with van der Waals surface area (Å²) in [5, 5.41) is 12.4. The molecule has 5 aromatic rings. The molecule has 1 aliphatic heterocycles. The Hall–Kier alpha value is -4.98. The van der Waals surface area contributed by atoms with Gasteiger partial charge in [-0.1, -0.05) is 78.9 Å². The number of fused-ring (bicyclic) bond motifs is 3. The number of benzene rings is 3. The minimum absolute atomic E-state index is 0.242. The van der Waals surface area contributed by atoms with Gasteiger partial charge in [-0.05, 0) is 31.5 Å². The number of hydrogen-bond acceptors (Lipinski definition) is 6. The third-order valence-electron chi connectivity index (χ3n) is 6.64. The van der Waals surface area contributed by atoms with E-state index in [0.717, 1.165) is 11.1 Å². The van der Waals surface area contributed by atoms with Crippen molar-refractivity contribution in [3.63, 3.8) is 0 Å². The zero-order chi connectivity index (χ0) is 26.2. The fourth-order valence-corrected chi connectivity index (χ4v) is 5.02. The Balaban J connectivity index is 1.80. The number of anilines is 1. The number of para-hydroxylation sites is 1. The summed E-state index contributed by atoms with van der Waals surface area (Å²) in [4.78, 5) is 27.6. The second-order valence-electron chi connectivity index (χ2n) is 8.97. The molecule has 0 aliphatic carbocycles. The van der Waals surface area contributed by atoms with Crippen LogP contribution in [0.2, 0.25) is 0 Å². The van der Waals surface area contributed by atoms with E-state index in [-0.39, 0.29) is 12.3 Å². The van der Waals surface area contributed by atoms with Gasteiger partial charge in [0.25, 0.3) is 0 Å². The highest BCUT2D eigenvalue weighted by Gasteiger charge is 2.36. The van der Waals surface area contributed by atoms with Gasteiger partial charge >= 0.3 is 11.7 Å². The standard InChI is InChI=1S/C30H25N5O3/c1-3-38-29(36)23-19(2)31-27-25(24(23)20-13-7-4-8-14-20)28-33-32-26(21-15-9-5-10-16-21)35(28)30(37)34(27)22-17-11-6-12-18-22/h4-19,31H,3H2,1-2H3. The number of rotatable bonds is 5. The van der Waals surface area contributed by atoms with Crippen molar-refractivity contribution in [3.8, 4) is 17.1 Å². The van der Waals surface area contributed by atoms with Crippen molar-refractivity contribution in [1.82, 2.24) is 19.2 Å². The van der Waals surface area contributed by atoms with Crippen LogP contribution in [0.3, 0.4) is 0 Å². The third kappa shape index (κ3) is 3.69. The van der Waals surface area contributed by atoms with Crippen molar-refractivity contribution in [2.24, 2.45) is 0 Å². The Morgan fingerprint density at radius 2 is 1.50 bits per heavy atom. The average molecular weight is 504 g/mol. The molecule has 1 unspecified atom stereocenters. The van der Waals surface area contributed by atoms with Crippen LogP contribution in [-0.2, 0) is 9.53 Å². The molecule has 1 N–H and O–H groups in total. The van der Waals surface area contributed by atoms with Crippen LogP contribution in [0.5, 0.6) is 0 Å². The summed E-state index contributed by atoms with van der Waals surface area (Å²) in [5.74, 6) is 0.539. The Morgan fingerprint density at radius 3 is 2.13 bits per heavy atom. The van der Waals surface area contributed by atoms with Gasteiger partial charge in [0.2, 0.25) is 0 Å². The lowest BCUT2D eigenvalue weighted by atomic mass is 9.87. The molecule has 0 spiro atoms. The highest BCUT2D eigenvalue weighted by Crippen LogP contribution is 2.41. The van der Waals surface area contributed by atoms with Gasteiger partial charge in [-0.2, -0.15) is 0 Å². The first-order valence-corrected chi connectivity index (χ1v) is 12.5. The Morgan fingerprint density at radius 1 is 0.895 bits per heavy atom. The van der Waals surface area contributed by atoms with Crippen LogP contribution in [0, 0.1) is 0 Å². The van der Waals surface area contributed by atoms with E-state index in [1.54, 1.807) is 11.5 Å². The normalized spacial score (nSPS) is 14.7. The molecule has 38 heavy (non-hydrogen) atoms. The molecule has 3 aromatic carbocycles. The van der Waals surface area contributed by atoms with E-state index in [9.17, 15) is 9.59 Å². The van der Waals surface area contributed by atoms with Crippen LogP contribution < -0.4 is 11.0 Å². The summed E-state index contributed by atoms with van der Waals surface area (Å²) in [6.07, 6.45) is 0. The van der Waals surface area contributed by atoms with E-state index < -0.39 is 12.0 Å². The number of carbonyl (C=O) groups excluding carboxylic acids is 1. The van der Waals surface area contributed by atoms with E-state index in [4.69, 9.17) is 4.74 Å². The van der Waals surface area contributed by atoms with E-state index >= 15 is 0 Å². The number of ether oxygens (including phenoxy) is 1. The Bertz CT molecular complexity index is 1740. The summed E-state index contributed by atoms with van der Waals surface area (Å²) < 4.78 is 8.64. The highest BCUT2D eigenvalue weighted by atomic mass is 16.5. The summed E-state index contributed by atoms with van der Waals surface area (Å²) >= 11 is 0. The van der Waals surface area contributed by atoms with Crippen molar-refractivity contribution in [2.45, 2.75) is 19.9 Å². The summed E-state index contributed by atoms with van der Waals surface area (Å²) in [6, 6.07) is 28.1. The van der Waals surface area contributed by atoms with E-state index in [1.807, 2.05) is 97.9 Å². The summed E-state index contributed by atoms with van der Waals surface area (Å²) in [6.45, 7) is 3.92. The van der Waals surface area contributed by atoms with Crippen molar-refractivity contribution in [3.05, 3.63) is 118 Å². The van der Waals surface area contributed by atoms with Gasteiger partial charge in [-0.25, -0.2) is 18.6 Å². The number of nitrogens with zero attached hydrogens (tertiary/aromatic N) is 4. The van der Waals surface area contributed by atoms with Crippen molar-refractivity contribution in [2.75, 3.05) is 11.9 Å². The smallest absolute Gasteiger partial charge is 0.341 e. The first kappa shape index (κ1) is 23.4. The van der Waals surface area contributed by atoms with Gasteiger partial charge in [0.15, 0.2) is 11.5 Å². The molecular weight excluding hydrogens is 478 g/mol. The van der Waals surface area contributed by atoms with Crippen molar-refractivity contribution >= 4 is 23.0 Å². The van der Waals surface area contributed by atoms with Gasteiger partial charge in [0.05, 0.1) is 29.5 Å². The molecule has 0 bridgehead atoms. The van der Waals surface area contributed by atoms with Crippen LogP contribution in [0.1, 0.15) is 25.0 Å². The molecule has 1 aliphatic rings. The maximum atomic E-state index is 14.2. The molecule has 1 atom stereocenters. The number of hydrogen-bond donors (Lipinski definition) is 1. The van der Waals surface area contributed by atoms with E-state index in [1.165, 1.54) is 4.40 Å². The molecule has 188 valence electrons. The number of nitrogens with one attached hydrogen (secondary N) is 1. The number of carbonyl (C=O) groups is 1. The molecule has 0 fully saturated rings. The minimum atomic E-state index is -0.440. The zero-order valence-electron chi connectivity index (χ0n) is 21.0. The van der Waals surface area contributed by atoms with E-state index in [2.05, 4.69) is 15.5 Å². The monoisotopic (exact) mass is 503 g/mol. The Labute approximate surface area is 218 Å². The molecule has 8 heteroatoms. The van der Waals surface area contributed by atoms with Crippen LogP contribution in [0.4, 0.5) is 5.82 Å². The molecule has 8 nitrogen and oxygen atoms in total. The van der Waals surface area contributed by atoms with Crippen molar-refractivity contribution < 1.29 is 9.53 Å². The third-order valence-corrected chi connectivity index (χ3v) is 6.64. The zero-order valence-corrected chi connectivity index (χ0v) is 21.0. The first-order valence-electron chi connectivity index (χ1n) is 12.5. The maximum absolute atomic E-state index is 14.2. The summed E-state index contributed by atoms with van der Waals surface area (Å²) in [5.41, 5.74) is 4.02. The highest BCUT2D eigenvalue weighted by molar-refractivity contribution is 6.08. The molecule has 6 rings (SSSR count). The minimum Gasteiger partial charge on any atom is -0.463 e. The topological polar surface area (TPSA) is 90.5 Å². The fourth-order valence-electron chi connectivity index (χ4n) is 5.02. The van der Waals surface area contributed by atoms with Gasteiger partial charge in [0, 0.05) is 11.1 Å². The maximum Gasteiger partial charge on any atom is 0.341 e.